The molecule has 0 spiro atoms. The molecule has 0 amide bonds. The lowest BCUT2D eigenvalue weighted by molar-refractivity contribution is -0.104. The number of benzene rings is 1. The quantitative estimate of drug-likeness (QED) is 0.619. The summed E-state index contributed by atoms with van der Waals surface area (Å²) in [6.45, 7) is 1.78. The monoisotopic (exact) mass is 275 g/mol. The van der Waals surface area contributed by atoms with Gasteiger partial charge in [0.25, 0.3) is 0 Å². The number of rotatable bonds is 2. The van der Waals surface area contributed by atoms with E-state index in [0.29, 0.717) is 5.57 Å². The van der Waals surface area contributed by atoms with Gasteiger partial charge in [-0.25, -0.2) is 0 Å². The first-order valence-electron chi connectivity index (χ1n) is 4.89. The van der Waals surface area contributed by atoms with E-state index < -0.39 is 0 Å². The Hall–Kier alpha value is -1.48. The first kappa shape index (κ1) is 11.0. The fraction of sp³-hybridized carbons (Fsp3) is 0.0769. The number of aromatic nitrogens is 1. The molecule has 3 heteroatoms. The second-order valence-electron chi connectivity index (χ2n) is 3.54. The third kappa shape index (κ3) is 2.04. The van der Waals surface area contributed by atoms with Crippen LogP contribution < -0.4 is 0 Å². The van der Waals surface area contributed by atoms with Crippen molar-refractivity contribution in [1.29, 1.82) is 0 Å². The topological polar surface area (TPSA) is 30.0 Å². The maximum atomic E-state index is 10.6. The number of fused-ring (bicyclic) bond motifs is 1. The number of carbonyl (C=O) groups is 1. The Balaban J connectivity index is 2.72. The van der Waals surface area contributed by atoms with E-state index in [0.717, 1.165) is 27.2 Å². The number of hydrogen-bond donors (Lipinski definition) is 0. The van der Waals surface area contributed by atoms with Gasteiger partial charge in [0.2, 0.25) is 0 Å². The van der Waals surface area contributed by atoms with Gasteiger partial charge >= 0.3 is 0 Å². The van der Waals surface area contributed by atoms with E-state index in [9.17, 15) is 4.79 Å². The summed E-state index contributed by atoms with van der Waals surface area (Å²) < 4.78 is 1.01. The molecule has 0 radical (unpaired) electrons. The molecule has 2 nitrogen and oxygen atoms in total. The molecule has 80 valence electrons. The van der Waals surface area contributed by atoms with E-state index in [1.54, 1.807) is 13.1 Å². The van der Waals surface area contributed by atoms with Gasteiger partial charge in [-0.15, -0.1) is 0 Å². The van der Waals surface area contributed by atoms with Crippen LogP contribution in [-0.2, 0) is 4.79 Å². The average Bonchev–Trinajstić information content (AvgIpc) is 2.33. The lowest BCUT2D eigenvalue weighted by Gasteiger charge is -2.03. The summed E-state index contributed by atoms with van der Waals surface area (Å²) in [7, 11) is 0. The van der Waals surface area contributed by atoms with Crippen LogP contribution in [0.15, 0.2) is 40.5 Å². The molecule has 0 saturated heterocycles. The molecule has 0 atom stereocenters. The highest BCUT2D eigenvalue weighted by Crippen LogP contribution is 2.26. The van der Waals surface area contributed by atoms with E-state index in [1.807, 2.05) is 30.3 Å². The van der Waals surface area contributed by atoms with E-state index >= 15 is 0 Å². The van der Waals surface area contributed by atoms with Crippen LogP contribution in [0.1, 0.15) is 12.5 Å². The van der Waals surface area contributed by atoms with E-state index in [1.165, 1.54) is 0 Å². The zero-order valence-electron chi connectivity index (χ0n) is 8.77. The van der Waals surface area contributed by atoms with Crippen molar-refractivity contribution in [2.45, 2.75) is 6.92 Å². The zero-order chi connectivity index (χ0) is 11.5. The van der Waals surface area contributed by atoms with Gasteiger partial charge in [0.05, 0.1) is 5.52 Å². The molecule has 0 saturated carbocycles. The Bertz CT molecular complexity index is 575. The van der Waals surface area contributed by atoms with Gasteiger partial charge in [-0.05, 0) is 30.7 Å². The van der Waals surface area contributed by atoms with Crippen LogP contribution in [0.5, 0.6) is 0 Å². The maximum Gasteiger partial charge on any atom is 0.145 e. The number of hydrogen-bond acceptors (Lipinski definition) is 2. The Morgan fingerprint density at radius 3 is 2.94 bits per heavy atom. The van der Waals surface area contributed by atoms with Crippen molar-refractivity contribution in [2.24, 2.45) is 0 Å². The minimum absolute atomic E-state index is 0.689. The Morgan fingerprint density at radius 1 is 1.38 bits per heavy atom. The van der Waals surface area contributed by atoms with E-state index in [2.05, 4.69) is 20.9 Å². The second kappa shape index (κ2) is 4.58. The number of allylic oxidation sites excluding steroid dienone is 1. The fourth-order valence-electron chi connectivity index (χ4n) is 1.56. The van der Waals surface area contributed by atoms with Gasteiger partial charge < -0.3 is 0 Å². The molecule has 1 aromatic heterocycles. The van der Waals surface area contributed by atoms with Gasteiger partial charge in [0.1, 0.15) is 6.29 Å². The molecule has 0 aliphatic rings. The number of halogens is 1. The van der Waals surface area contributed by atoms with Gasteiger partial charge in [-0.2, -0.15) is 0 Å². The van der Waals surface area contributed by atoms with Crippen LogP contribution in [0.3, 0.4) is 0 Å². The average molecular weight is 276 g/mol. The smallest absolute Gasteiger partial charge is 0.145 e. The summed E-state index contributed by atoms with van der Waals surface area (Å²) in [5.41, 5.74) is 2.55. The second-order valence-corrected chi connectivity index (χ2v) is 4.40. The molecule has 1 aromatic carbocycles. The zero-order valence-corrected chi connectivity index (χ0v) is 10.4. The number of pyridine rings is 1. The summed E-state index contributed by atoms with van der Waals surface area (Å²) >= 11 is 3.48. The van der Waals surface area contributed by atoms with Crippen molar-refractivity contribution in [1.82, 2.24) is 4.98 Å². The summed E-state index contributed by atoms with van der Waals surface area (Å²) in [5, 5.41) is 1.05. The van der Waals surface area contributed by atoms with E-state index in [4.69, 9.17) is 0 Å². The Labute approximate surface area is 102 Å². The molecular weight excluding hydrogens is 266 g/mol. The van der Waals surface area contributed by atoms with Crippen molar-refractivity contribution < 1.29 is 4.79 Å². The largest absolute Gasteiger partial charge is 0.298 e. The lowest BCUT2D eigenvalue weighted by atomic mass is 10.1. The number of carbonyl (C=O) groups excluding carboxylic acids is 1. The predicted octanol–water partition coefficient (Wildman–Crippen LogP) is 3.60. The van der Waals surface area contributed by atoms with Gasteiger partial charge in [-0.3, -0.25) is 9.78 Å². The van der Waals surface area contributed by atoms with Crippen LogP contribution in [0, 0.1) is 0 Å². The van der Waals surface area contributed by atoms with Gasteiger partial charge in [0.15, 0.2) is 0 Å². The molecule has 0 N–H and O–H groups in total. The summed E-state index contributed by atoms with van der Waals surface area (Å²) in [6, 6.07) is 7.81. The molecule has 2 aromatic rings. The molecule has 0 unspecified atom stereocenters. The summed E-state index contributed by atoms with van der Waals surface area (Å²) in [4.78, 5) is 15.0. The molecule has 16 heavy (non-hydrogen) atoms. The van der Waals surface area contributed by atoms with Crippen LogP contribution in [0.4, 0.5) is 0 Å². The van der Waals surface area contributed by atoms with Gasteiger partial charge in [-0.1, -0.05) is 28.1 Å². The van der Waals surface area contributed by atoms with Crippen molar-refractivity contribution in [3.05, 3.63) is 46.1 Å². The number of aldehydes is 1. The van der Waals surface area contributed by atoms with Gasteiger partial charge in [0, 0.05) is 21.6 Å². The molecule has 0 aliphatic heterocycles. The first-order valence-corrected chi connectivity index (χ1v) is 5.68. The van der Waals surface area contributed by atoms with Crippen LogP contribution in [0.2, 0.25) is 0 Å². The summed E-state index contributed by atoms with van der Waals surface area (Å²) in [5.74, 6) is 0. The minimum Gasteiger partial charge on any atom is -0.298 e. The summed E-state index contributed by atoms with van der Waals surface area (Å²) in [6.07, 6.45) is 4.44. The van der Waals surface area contributed by atoms with Crippen molar-refractivity contribution >= 4 is 39.2 Å². The Morgan fingerprint density at radius 2 is 2.19 bits per heavy atom. The third-order valence-electron chi connectivity index (χ3n) is 2.32. The highest BCUT2D eigenvalue weighted by Gasteiger charge is 2.03. The molecule has 0 aliphatic carbocycles. The highest BCUT2D eigenvalue weighted by molar-refractivity contribution is 9.10. The SMILES string of the molecule is C/C(C=O)=C/c1ccc(Br)c2cccnc12. The maximum absolute atomic E-state index is 10.6. The molecule has 0 bridgehead atoms. The van der Waals surface area contributed by atoms with Crippen LogP contribution in [0.25, 0.3) is 17.0 Å². The highest BCUT2D eigenvalue weighted by atomic mass is 79.9. The van der Waals surface area contributed by atoms with Crippen LogP contribution >= 0.6 is 15.9 Å². The normalized spacial score (nSPS) is 11.8. The van der Waals surface area contributed by atoms with Crippen molar-refractivity contribution in [3.63, 3.8) is 0 Å². The number of nitrogens with zero attached hydrogens (tertiary/aromatic N) is 1. The standard InChI is InChI=1S/C13H10BrNO/c1-9(8-16)7-10-4-5-12(14)11-3-2-6-15-13(10)11/h2-8H,1H3/b9-7-. The molecular formula is C13H10BrNO. The molecule has 2 rings (SSSR count). The van der Waals surface area contributed by atoms with E-state index in [-0.39, 0.29) is 0 Å². The fourth-order valence-corrected chi connectivity index (χ4v) is 2.01. The third-order valence-corrected chi connectivity index (χ3v) is 3.01. The molecule has 0 fully saturated rings. The molecule has 1 heterocycles. The first-order chi connectivity index (χ1) is 7.72. The lowest BCUT2D eigenvalue weighted by Crippen LogP contribution is -1.85. The van der Waals surface area contributed by atoms with Crippen molar-refractivity contribution in [3.8, 4) is 0 Å². The van der Waals surface area contributed by atoms with Crippen molar-refractivity contribution in [2.75, 3.05) is 0 Å². The minimum atomic E-state index is 0.689. The van der Waals surface area contributed by atoms with Crippen LogP contribution in [-0.4, -0.2) is 11.3 Å². The predicted molar refractivity (Wildman–Crippen MR) is 69.2 cm³/mol. The Kier molecular flexibility index (Phi) is 3.15.